The summed E-state index contributed by atoms with van der Waals surface area (Å²) in [6.07, 6.45) is 2.52. The van der Waals surface area contributed by atoms with Crippen LogP contribution in [0.2, 0.25) is 0 Å². The van der Waals surface area contributed by atoms with Crippen LogP contribution in [0.3, 0.4) is 0 Å². The lowest BCUT2D eigenvalue weighted by Crippen LogP contribution is -2.59. The highest BCUT2D eigenvalue weighted by Gasteiger charge is 2.37. The molecule has 0 radical (unpaired) electrons. The number of urea groups is 1. The summed E-state index contributed by atoms with van der Waals surface area (Å²) in [6.45, 7) is 8.68. The van der Waals surface area contributed by atoms with Crippen LogP contribution < -0.4 is 5.32 Å². The maximum atomic E-state index is 12.4. The second-order valence-corrected chi connectivity index (χ2v) is 6.80. The predicted octanol–water partition coefficient (Wildman–Crippen LogP) is 1.13. The average molecular weight is 327 g/mol. The van der Waals surface area contributed by atoms with Gasteiger partial charge in [0, 0.05) is 18.6 Å². The van der Waals surface area contributed by atoms with Crippen LogP contribution in [0.15, 0.2) is 0 Å². The summed E-state index contributed by atoms with van der Waals surface area (Å²) in [5, 5.41) is 12.0. The smallest absolute Gasteiger partial charge is 0.317 e. The first-order chi connectivity index (χ1) is 10.9. The molecule has 0 bridgehead atoms. The zero-order chi connectivity index (χ0) is 17.0. The van der Waals surface area contributed by atoms with Crippen molar-refractivity contribution < 1.29 is 19.4 Å². The van der Waals surface area contributed by atoms with Crippen molar-refractivity contribution >= 4 is 12.0 Å². The molecule has 0 aromatic carbocycles. The van der Waals surface area contributed by atoms with Gasteiger partial charge < -0.3 is 20.1 Å². The number of carboxylic acids is 1. The summed E-state index contributed by atoms with van der Waals surface area (Å²) in [7, 11) is 0. The molecule has 1 aliphatic heterocycles. The highest BCUT2D eigenvalue weighted by Crippen LogP contribution is 2.26. The lowest BCUT2D eigenvalue weighted by Gasteiger charge is -2.44. The summed E-state index contributed by atoms with van der Waals surface area (Å²) >= 11 is 0. The number of aliphatic carboxylic acids is 1. The molecule has 23 heavy (non-hydrogen) atoms. The number of rotatable bonds is 6. The molecule has 7 heteroatoms. The Kier molecular flexibility index (Phi) is 5.86. The van der Waals surface area contributed by atoms with Crippen LogP contribution in [0, 0.1) is 0 Å². The fraction of sp³-hybridized carbons (Fsp3) is 0.875. The zero-order valence-electron chi connectivity index (χ0n) is 14.4. The summed E-state index contributed by atoms with van der Waals surface area (Å²) in [5.74, 6) is -0.800. The van der Waals surface area contributed by atoms with Crippen LogP contribution >= 0.6 is 0 Å². The van der Waals surface area contributed by atoms with Crippen molar-refractivity contribution in [1.82, 2.24) is 15.1 Å². The summed E-state index contributed by atoms with van der Waals surface area (Å²) in [4.78, 5) is 27.0. The van der Waals surface area contributed by atoms with Gasteiger partial charge in [0.05, 0.1) is 25.3 Å². The molecule has 2 amide bonds. The highest BCUT2D eigenvalue weighted by atomic mass is 16.5. The first-order valence-corrected chi connectivity index (χ1v) is 8.52. The van der Waals surface area contributed by atoms with Crippen molar-refractivity contribution in [2.24, 2.45) is 0 Å². The van der Waals surface area contributed by atoms with Crippen molar-refractivity contribution in [1.29, 1.82) is 0 Å². The van der Waals surface area contributed by atoms with E-state index in [1.54, 1.807) is 0 Å². The number of hydrogen-bond donors (Lipinski definition) is 2. The van der Waals surface area contributed by atoms with E-state index < -0.39 is 5.97 Å². The number of likely N-dealkylation sites (N-methyl/N-ethyl adjacent to an activating group) is 1. The maximum absolute atomic E-state index is 12.4. The number of carboxylic acid groups (broad SMARTS) is 1. The molecule has 0 aromatic rings. The highest BCUT2D eigenvalue weighted by molar-refractivity contribution is 5.75. The maximum Gasteiger partial charge on any atom is 0.317 e. The molecule has 1 saturated heterocycles. The van der Waals surface area contributed by atoms with Gasteiger partial charge in [-0.1, -0.05) is 13.8 Å². The normalized spacial score (nSPS) is 30.9. The number of carbonyl (C=O) groups is 2. The van der Waals surface area contributed by atoms with Crippen LogP contribution in [0.4, 0.5) is 4.79 Å². The fourth-order valence-corrected chi connectivity index (χ4v) is 3.26. The van der Waals surface area contributed by atoms with Gasteiger partial charge in [0.25, 0.3) is 0 Å². The van der Waals surface area contributed by atoms with E-state index in [-0.39, 0.29) is 30.3 Å². The molecule has 1 aliphatic carbocycles. The van der Waals surface area contributed by atoms with E-state index in [9.17, 15) is 9.59 Å². The van der Waals surface area contributed by atoms with Crippen molar-refractivity contribution in [2.75, 3.05) is 32.8 Å². The molecule has 132 valence electrons. The van der Waals surface area contributed by atoms with Gasteiger partial charge in [-0.25, -0.2) is 4.79 Å². The lowest BCUT2D eigenvalue weighted by atomic mass is 9.85. The number of hydrogen-bond acceptors (Lipinski definition) is 4. The second-order valence-electron chi connectivity index (χ2n) is 6.80. The quantitative estimate of drug-likeness (QED) is 0.764. The molecule has 0 spiro atoms. The topological polar surface area (TPSA) is 82.1 Å². The monoisotopic (exact) mass is 327 g/mol. The minimum Gasteiger partial charge on any atom is -0.480 e. The van der Waals surface area contributed by atoms with Gasteiger partial charge in [-0.2, -0.15) is 0 Å². The van der Waals surface area contributed by atoms with Crippen LogP contribution in [-0.4, -0.2) is 77.4 Å². The Bertz CT molecular complexity index is 439. The van der Waals surface area contributed by atoms with Crippen LogP contribution in [0.5, 0.6) is 0 Å². The molecule has 1 heterocycles. The number of ether oxygens (including phenoxy) is 1. The number of nitrogens with one attached hydrogen (secondary N) is 1. The number of carbonyl (C=O) groups excluding carboxylic acids is 1. The van der Waals surface area contributed by atoms with Crippen molar-refractivity contribution in [3.05, 3.63) is 0 Å². The molecular formula is C16H29N3O4. The van der Waals surface area contributed by atoms with Crippen molar-refractivity contribution in [3.63, 3.8) is 0 Å². The standard InChI is InChI=1S/C16H29N3O4/c1-4-16(3)11-19(6-7-23-16)15(22)17-12-8-13(9-12)18(5-2)10-14(20)21/h12-13H,4-11H2,1-3H3,(H,17,22)(H,20,21). The van der Waals surface area contributed by atoms with Crippen LogP contribution in [-0.2, 0) is 9.53 Å². The largest absolute Gasteiger partial charge is 0.480 e. The minimum atomic E-state index is -0.800. The minimum absolute atomic E-state index is 0.0299. The molecule has 2 fully saturated rings. The average Bonchev–Trinajstić information content (AvgIpc) is 2.48. The molecule has 2 N–H and O–H groups in total. The van der Waals surface area contributed by atoms with Crippen LogP contribution in [0.1, 0.15) is 40.0 Å². The Hall–Kier alpha value is -1.34. The van der Waals surface area contributed by atoms with Gasteiger partial charge in [-0.15, -0.1) is 0 Å². The summed E-state index contributed by atoms with van der Waals surface area (Å²) in [5.41, 5.74) is -0.252. The Balaban J connectivity index is 1.76. The molecule has 1 saturated carbocycles. The number of amides is 2. The van der Waals surface area contributed by atoms with Gasteiger partial charge in [0.15, 0.2) is 0 Å². The van der Waals surface area contributed by atoms with Crippen molar-refractivity contribution in [2.45, 2.75) is 57.7 Å². The van der Waals surface area contributed by atoms with E-state index in [4.69, 9.17) is 9.84 Å². The van der Waals surface area contributed by atoms with E-state index in [0.717, 1.165) is 25.8 Å². The van der Waals surface area contributed by atoms with Gasteiger partial charge >= 0.3 is 12.0 Å². The van der Waals surface area contributed by atoms with Gasteiger partial charge in [0.2, 0.25) is 0 Å². The van der Waals surface area contributed by atoms with Gasteiger partial charge in [0.1, 0.15) is 0 Å². The third kappa shape index (κ3) is 4.57. The van der Waals surface area contributed by atoms with E-state index in [1.165, 1.54) is 0 Å². The second kappa shape index (κ2) is 7.49. The summed E-state index contributed by atoms with van der Waals surface area (Å²) in [6, 6.07) is 0.371. The number of morpholine rings is 1. The number of nitrogens with zero attached hydrogens (tertiary/aromatic N) is 2. The molecular weight excluding hydrogens is 298 g/mol. The predicted molar refractivity (Wildman–Crippen MR) is 86.4 cm³/mol. The van der Waals surface area contributed by atoms with E-state index >= 15 is 0 Å². The fourth-order valence-electron chi connectivity index (χ4n) is 3.26. The van der Waals surface area contributed by atoms with E-state index in [0.29, 0.717) is 19.7 Å². The van der Waals surface area contributed by atoms with Crippen LogP contribution in [0.25, 0.3) is 0 Å². The molecule has 2 rings (SSSR count). The first kappa shape index (κ1) is 18.0. The third-order valence-corrected chi connectivity index (χ3v) is 5.07. The van der Waals surface area contributed by atoms with E-state index in [1.807, 2.05) is 23.6 Å². The van der Waals surface area contributed by atoms with Crippen molar-refractivity contribution in [3.8, 4) is 0 Å². The zero-order valence-corrected chi connectivity index (χ0v) is 14.4. The molecule has 2 aliphatic rings. The molecule has 0 aromatic heterocycles. The molecule has 1 atom stereocenters. The Morgan fingerprint density at radius 3 is 2.65 bits per heavy atom. The van der Waals surface area contributed by atoms with Gasteiger partial charge in [-0.3, -0.25) is 9.69 Å². The first-order valence-electron chi connectivity index (χ1n) is 8.52. The Morgan fingerprint density at radius 2 is 2.09 bits per heavy atom. The Labute approximate surface area is 138 Å². The Morgan fingerprint density at radius 1 is 1.39 bits per heavy atom. The molecule has 1 unspecified atom stereocenters. The molecule has 7 nitrogen and oxygen atoms in total. The third-order valence-electron chi connectivity index (χ3n) is 5.07. The summed E-state index contributed by atoms with van der Waals surface area (Å²) < 4.78 is 5.76. The van der Waals surface area contributed by atoms with Gasteiger partial charge in [-0.05, 0) is 32.7 Å². The lowest BCUT2D eigenvalue weighted by molar-refractivity contribution is -0.139. The SMILES string of the molecule is CCN(CC(=O)O)C1CC(NC(=O)N2CCOC(C)(CC)C2)C1. The van der Waals surface area contributed by atoms with E-state index in [2.05, 4.69) is 12.2 Å².